The van der Waals surface area contributed by atoms with Crippen LogP contribution in [-0.4, -0.2) is 9.97 Å². The fourth-order valence-electron chi connectivity index (χ4n) is 1.76. The van der Waals surface area contributed by atoms with E-state index in [1.807, 2.05) is 19.1 Å². The largest absolute Gasteiger partial charge is 0.389 e. The van der Waals surface area contributed by atoms with Crippen molar-refractivity contribution in [1.82, 2.24) is 4.98 Å². The summed E-state index contributed by atoms with van der Waals surface area (Å²) in [7, 11) is 0. The molecule has 3 N–H and O–H groups in total. The van der Waals surface area contributed by atoms with Crippen molar-refractivity contribution in [3.63, 3.8) is 0 Å². The second kappa shape index (κ2) is 5.92. The SMILES string of the molecule is Cc1cccc(CNc2ccc(C(N)=S)c(F)c2F)n1. The highest BCUT2D eigenvalue weighted by molar-refractivity contribution is 7.80. The maximum atomic E-state index is 13.8. The summed E-state index contributed by atoms with van der Waals surface area (Å²) in [5, 5.41) is 2.80. The minimum absolute atomic E-state index is 0.0470. The molecule has 0 unspecified atom stereocenters. The van der Waals surface area contributed by atoms with E-state index in [1.165, 1.54) is 12.1 Å². The molecular formula is C14H13F2N3S. The molecule has 104 valence electrons. The fraction of sp³-hybridized carbons (Fsp3) is 0.143. The highest BCUT2D eigenvalue weighted by atomic mass is 32.1. The van der Waals surface area contributed by atoms with Gasteiger partial charge in [-0.25, -0.2) is 8.78 Å². The number of hydrogen-bond donors (Lipinski definition) is 2. The molecule has 1 aromatic carbocycles. The second-order valence-corrected chi connectivity index (χ2v) is 4.72. The highest BCUT2D eigenvalue weighted by Gasteiger charge is 2.14. The number of anilines is 1. The zero-order valence-electron chi connectivity index (χ0n) is 10.8. The first-order chi connectivity index (χ1) is 9.49. The van der Waals surface area contributed by atoms with E-state index in [2.05, 4.69) is 22.5 Å². The fourth-order valence-corrected chi connectivity index (χ4v) is 1.92. The van der Waals surface area contributed by atoms with Crippen LogP contribution in [0.15, 0.2) is 30.3 Å². The molecule has 1 heterocycles. The van der Waals surface area contributed by atoms with Crippen molar-refractivity contribution in [2.75, 3.05) is 5.32 Å². The molecule has 2 rings (SSSR count). The van der Waals surface area contributed by atoms with E-state index >= 15 is 0 Å². The van der Waals surface area contributed by atoms with Crippen LogP contribution in [0.4, 0.5) is 14.5 Å². The van der Waals surface area contributed by atoms with Crippen LogP contribution in [0, 0.1) is 18.6 Å². The van der Waals surface area contributed by atoms with Gasteiger partial charge >= 0.3 is 0 Å². The predicted octanol–water partition coefficient (Wildman–Crippen LogP) is 2.91. The van der Waals surface area contributed by atoms with Crippen LogP contribution >= 0.6 is 12.2 Å². The molecule has 6 heteroatoms. The number of thiocarbonyl (C=S) groups is 1. The van der Waals surface area contributed by atoms with Gasteiger partial charge in [0.25, 0.3) is 0 Å². The van der Waals surface area contributed by atoms with Crippen LogP contribution in [0.25, 0.3) is 0 Å². The van der Waals surface area contributed by atoms with Crippen molar-refractivity contribution in [3.05, 3.63) is 58.9 Å². The van der Waals surface area contributed by atoms with Gasteiger partial charge in [-0.2, -0.15) is 0 Å². The topological polar surface area (TPSA) is 50.9 Å². The number of halogens is 2. The number of nitrogens with two attached hydrogens (primary N) is 1. The van der Waals surface area contributed by atoms with Gasteiger partial charge < -0.3 is 11.1 Å². The quantitative estimate of drug-likeness (QED) is 0.851. The number of nitrogens with one attached hydrogen (secondary N) is 1. The van der Waals surface area contributed by atoms with Crippen LogP contribution < -0.4 is 11.1 Å². The lowest BCUT2D eigenvalue weighted by atomic mass is 10.1. The summed E-state index contributed by atoms with van der Waals surface area (Å²) >= 11 is 4.65. The van der Waals surface area contributed by atoms with Crippen LogP contribution in [-0.2, 0) is 6.54 Å². The minimum atomic E-state index is -1.04. The van der Waals surface area contributed by atoms with Gasteiger partial charge in [0.05, 0.1) is 17.9 Å². The summed E-state index contributed by atoms with van der Waals surface area (Å²) in [6, 6.07) is 8.28. The van der Waals surface area contributed by atoms with Crippen molar-refractivity contribution in [2.24, 2.45) is 5.73 Å². The standard InChI is InChI=1S/C14H13F2N3S/c1-8-3-2-4-9(19-8)7-18-11-6-5-10(14(17)20)12(15)13(11)16/h2-6,18H,7H2,1H3,(H2,17,20). The van der Waals surface area contributed by atoms with Gasteiger partial charge in [-0.05, 0) is 31.2 Å². The molecular weight excluding hydrogens is 280 g/mol. The molecule has 0 atom stereocenters. The van der Waals surface area contributed by atoms with Crippen LogP contribution in [0.2, 0.25) is 0 Å². The Labute approximate surface area is 120 Å². The Morgan fingerprint density at radius 1 is 1.25 bits per heavy atom. The molecule has 0 amide bonds. The number of rotatable bonds is 4. The van der Waals surface area contributed by atoms with Gasteiger partial charge in [0, 0.05) is 11.3 Å². The van der Waals surface area contributed by atoms with Crippen molar-refractivity contribution in [3.8, 4) is 0 Å². The Kier molecular flexibility index (Phi) is 4.24. The van der Waals surface area contributed by atoms with E-state index in [0.717, 1.165) is 11.4 Å². The molecule has 0 aliphatic rings. The van der Waals surface area contributed by atoms with Crippen LogP contribution in [0.1, 0.15) is 17.0 Å². The lowest BCUT2D eigenvalue weighted by Gasteiger charge is -2.10. The molecule has 0 saturated heterocycles. The maximum Gasteiger partial charge on any atom is 0.182 e. The van der Waals surface area contributed by atoms with Gasteiger partial charge in [-0.15, -0.1) is 0 Å². The molecule has 0 saturated carbocycles. The Hall–Kier alpha value is -2.08. The van der Waals surface area contributed by atoms with E-state index in [4.69, 9.17) is 5.73 Å². The third kappa shape index (κ3) is 3.08. The summed E-state index contributed by atoms with van der Waals surface area (Å²) in [4.78, 5) is 4.09. The molecule has 0 bridgehead atoms. The maximum absolute atomic E-state index is 13.8. The predicted molar refractivity (Wildman–Crippen MR) is 78.5 cm³/mol. The number of aryl methyl sites for hydroxylation is 1. The van der Waals surface area contributed by atoms with Gasteiger partial charge in [0.15, 0.2) is 11.6 Å². The van der Waals surface area contributed by atoms with E-state index in [9.17, 15) is 8.78 Å². The van der Waals surface area contributed by atoms with Crippen molar-refractivity contribution < 1.29 is 8.78 Å². The summed E-state index contributed by atoms with van der Waals surface area (Å²) in [5.74, 6) is -2.04. The first-order valence-corrected chi connectivity index (χ1v) is 6.34. The molecule has 2 aromatic rings. The van der Waals surface area contributed by atoms with Crippen molar-refractivity contribution in [1.29, 1.82) is 0 Å². The molecule has 3 nitrogen and oxygen atoms in total. The minimum Gasteiger partial charge on any atom is -0.389 e. The number of pyridine rings is 1. The van der Waals surface area contributed by atoms with Gasteiger partial charge in [-0.1, -0.05) is 18.3 Å². The summed E-state index contributed by atoms with van der Waals surface area (Å²) in [6.45, 7) is 2.16. The number of benzene rings is 1. The number of aromatic nitrogens is 1. The van der Waals surface area contributed by atoms with E-state index in [0.29, 0.717) is 6.54 Å². The van der Waals surface area contributed by atoms with Gasteiger partial charge in [-0.3, -0.25) is 4.98 Å². The summed E-state index contributed by atoms with van der Waals surface area (Å²) in [6.07, 6.45) is 0. The zero-order valence-corrected chi connectivity index (χ0v) is 11.6. The molecule has 0 fully saturated rings. The summed E-state index contributed by atoms with van der Waals surface area (Å²) in [5.41, 5.74) is 6.86. The van der Waals surface area contributed by atoms with Gasteiger partial charge in [0.1, 0.15) is 4.99 Å². The van der Waals surface area contributed by atoms with Gasteiger partial charge in [0.2, 0.25) is 0 Å². The van der Waals surface area contributed by atoms with Crippen molar-refractivity contribution in [2.45, 2.75) is 13.5 Å². The second-order valence-electron chi connectivity index (χ2n) is 4.28. The lowest BCUT2D eigenvalue weighted by Crippen LogP contribution is -2.14. The van der Waals surface area contributed by atoms with E-state index in [1.54, 1.807) is 6.07 Å². The Balaban J connectivity index is 2.18. The van der Waals surface area contributed by atoms with E-state index < -0.39 is 11.6 Å². The molecule has 0 aliphatic heterocycles. The van der Waals surface area contributed by atoms with Crippen LogP contribution in [0.3, 0.4) is 0 Å². The Bertz CT molecular complexity index is 659. The highest BCUT2D eigenvalue weighted by Crippen LogP contribution is 2.21. The summed E-state index contributed by atoms with van der Waals surface area (Å²) < 4.78 is 27.5. The average molecular weight is 293 g/mol. The smallest absolute Gasteiger partial charge is 0.182 e. The molecule has 0 radical (unpaired) electrons. The zero-order chi connectivity index (χ0) is 14.7. The number of nitrogens with zero attached hydrogens (tertiary/aromatic N) is 1. The molecule has 0 aliphatic carbocycles. The number of hydrogen-bond acceptors (Lipinski definition) is 3. The first-order valence-electron chi connectivity index (χ1n) is 5.93. The normalized spacial score (nSPS) is 10.3. The molecule has 0 spiro atoms. The van der Waals surface area contributed by atoms with Crippen molar-refractivity contribution >= 4 is 22.9 Å². The molecule has 20 heavy (non-hydrogen) atoms. The Morgan fingerprint density at radius 3 is 2.65 bits per heavy atom. The van der Waals surface area contributed by atoms with Crippen LogP contribution in [0.5, 0.6) is 0 Å². The Morgan fingerprint density at radius 2 is 2.00 bits per heavy atom. The monoisotopic (exact) mass is 293 g/mol. The van der Waals surface area contributed by atoms with E-state index in [-0.39, 0.29) is 16.2 Å². The average Bonchev–Trinajstić information content (AvgIpc) is 2.40. The third-order valence-corrected chi connectivity index (χ3v) is 2.97. The molecule has 1 aromatic heterocycles. The first kappa shape index (κ1) is 14.3. The third-order valence-electron chi connectivity index (χ3n) is 2.75. The lowest BCUT2D eigenvalue weighted by molar-refractivity contribution is 0.509.